The molecule has 0 fully saturated rings. The molecule has 1 aromatic carbocycles. The first kappa shape index (κ1) is 12.8. The van der Waals surface area contributed by atoms with Crippen molar-refractivity contribution in [2.45, 2.75) is 6.42 Å². The zero-order chi connectivity index (χ0) is 13.5. The Labute approximate surface area is 104 Å². The minimum atomic E-state index is -3.78. The molecule has 1 amide bonds. The lowest BCUT2D eigenvalue weighted by Crippen LogP contribution is -2.26. The maximum atomic E-state index is 13.7. The van der Waals surface area contributed by atoms with Crippen molar-refractivity contribution in [1.82, 2.24) is 4.72 Å². The van der Waals surface area contributed by atoms with Crippen molar-refractivity contribution in [3.63, 3.8) is 0 Å². The topological polar surface area (TPSA) is 78.5 Å². The van der Waals surface area contributed by atoms with E-state index >= 15 is 0 Å². The molecule has 8 heteroatoms. The predicted octanol–water partition coefficient (Wildman–Crippen LogP) is 0.221. The molecule has 1 heterocycles. The number of fused-ring (bicyclic) bond motifs is 1. The molecule has 1 aliphatic rings. The van der Waals surface area contributed by atoms with Gasteiger partial charge in [0.15, 0.2) is 0 Å². The van der Waals surface area contributed by atoms with Crippen LogP contribution in [0.4, 0.5) is 15.8 Å². The molecule has 0 aliphatic carbocycles. The van der Waals surface area contributed by atoms with E-state index < -0.39 is 16.0 Å². The molecular formula is C10H12FN3O3S. The average molecular weight is 273 g/mol. The van der Waals surface area contributed by atoms with Crippen LogP contribution in [-0.4, -0.2) is 28.4 Å². The smallest absolute Gasteiger partial charge is 0.298 e. The van der Waals surface area contributed by atoms with Crippen LogP contribution in [0.3, 0.4) is 0 Å². The Morgan fingerprint density at radius 1 is 1.39 bits per heavy atom. The third kappa shape index (κ3) is 2.16. The average Bonchev–Trinajstić information content (AvgIpc) is 2.56. The number of nitrogens with zero attached hydrogens (tertiary/aromatic N) is 1. The maximum Gasteiger partial charge on any atom is 0.298 e. The van der Waals surface area contributed by atoms with Gasteiger partial charge in [0.2, 0.25) is 5.91 Å². The molecule has 2 N–H and O–H groups in total. The summed E-state index contributed by atoms with van der Waals surface area (Å²) < 4.78 is 40.4. The Kier molecular flexibility index (Phi) is 2.99. The normalized spacial score (nSPS) is 14.8. The van der Waals surface area contributed by atoms with Crippen molar-refractivity contribution in [1.29, 1.82) is 0 Å². The Morgan fingerprint density at radius 3 is 2.67 bits per heavy atom. The number of hydrogen-bond acceptors (Lipinski definition) is 3. The summed E-state index contributed by atoms with van der Waals surface area (Å²) in [6, 6.07) is 2.48. The van der Waals surface area contributed by atoms with E-state index in [9.17, 15) is 17.6 Å². The maximum absolute atomic E-state index is 13.7. The van der Waals surface area contributed by atoms with Gasteiger partial charge in [0.1, 0.15) is 5.82 Å². The number of rotatable bonds is 3. The Hall–Kier alpha value is -1.67. The van der Waals surface area contributed by atoms with E-state index in [-0.39, 0.29) is 18.0 Å². The van der Waals surface area contributed by atoms with Crippen LogP contribution in [-0.2, 0) is 21.4 Å². The minimum Gasteiger partial charge on any atom is -0.315 e. The third-order valence-electron chi connectivity index (χ3n) is 2.76. The molecule has 1 aromatic rings. The van der Waals surface area contributed by atoms with E-state index in [1.54, 1.807) is 7.05 Å². The SMILES string of the molecule is CNS(=O)(=O)Nc1cc2c(cc1F)N(C)C(=O)C2. The number of halogens is 1. The number of carbonyl (C=O) groups excluding carboxylic acids is 1. The monoisotopic (exact) mass is 273 g/mol. The highest BCUT2D eigenvalue weighted by molar-refractivity contribution is 7.90. The van der Waals surface area contributed by atoms with Crippen molar-refractivity contribution in [3.05, 3.63) is 23.5 Å². The molecule has 0 spiro atoms. The van der Waals surface area contributed by atoms with Gasteiger partial charge in [-0.15, -0.1) is 0 Å². The molecule has 0 unspecified atom stereocenters. The standard InChI is InChI=1S/C10H12FN3O3S/c1-12-18(16,17)13-8-3-6-4-10(15)14(2)9(6)5-7(8)11/h3,5,12-13H,4H2,1-2H3. The lowest BCUT2D eigenvalue weighted by Gasteiger charge is -2.12. The lowest BCUT2D eigenvalue weighted by molar-refractivity contribution is -0.117. The first-order valence-electron chi connectivity index (χ1n) is 5.14. The summed E-state index contributed by atoms with van der Waals surface area (Å²) in [5.41, 5.74) is 0.883. The summed E-state index contributed by atoms with van der Waals surface area (Å²) in [6.07, 6.45) is 0.139. The largest absolute Gasteiger partial charge is 0.315 e. The lowest BCUT2D eigenvalue weighted by atomic mass is 10.1. The molecule has 0 radical (unpaired) electrons. The zero-order valence-electron chi connectivity index (χ0n) is 9.82. The second-order valence-electron chi connectivity index (χ2n) is 3.90. The van der Waals surface area contributed by atoms with Crippen LogP contribution in [0.15, 0.2) is 12.1 Å². The summed E-state index contributed by atoms with van der Waals surface area (Å²) in [5, 5.41) is 0. The fourth-order valence-electron chi connectivity index (χ4n) is 1.75. The number of hydrogen-bond donors (Lipinski definition) is 2. The van der Waals surface area contributed by atoms with E-state index in [1.165, 1.54) is 18.0 Å². The van der Waals surface area contributed by atoms with E-state index in [0.29, 0.717) is 11.3 Å². The summed E-state index contributed by atoms with van der Waals surface area (Å²) >= 11 is 0. The van der Waals surface area contributed by atoms with Crippen molar-refractivity contribution in [3.8, 4) is 0 Å². The van der Waals surface area contributed by atoms with Gasteiger partial charge in [-0.25, -0.2) is 9.11 Å². The first-order valence-corrected chi connectivity index (χ1v) is 6.62. The molecule has 6 nitrogen and oxygen atoms in total. The van der Waals surface area contributed by atoms with Crippen LogP contribution < -0.4 is 14.3 Å². The summed E-state index contributed by atoms with van der Waals surface area (Å²) in [7, 11) is -1.02. The van der Waals surface area contributed by atoms with Gasteiger partial charge in [0, 0.05) is 20.2 Å². The molecule has 0 saturated carbocycles. The minimum absolute atomic E-state index is 0.139. The van der Waals surface area contributed by atoms with Crippen molar-refractivity contribution >= 4 is 27.5 Å². The van der Waals surface area contributed by atoms with E-state index in [0.717, 1.165) is 6.07 Å². The molecular weight excluding hydrogens is 261 g/mol. The number of benzene rings is 1. The number of anilines is 2. The number of nitrogens with one attached hydrogen (secondary N) is 2. The van der Waals surface area contributed by atoms with Gasteiger partial charge in [0.05, 0.1) is 17.8 Å². The summed E-state index contributed by atoms with van der Waals surface area (Å²) in [6.45, 7) is 0. The molecule has 0 aromatic heterocycles. The fourth-order valence-corrected chi connectivity index (χ4v) is 2.30. The number of likely N-dealkylation sites (N-methyl/N-ethyl adjacent to an activating group) is 1. The molecule has 0 saturated heterocycles. The molecule has 2 rings (SSSR count). The van der Waals surface area contributed by atoms with Crippen LogP contribution in [0.1, 0.15) is 5.56 Å². The third-order valence-corrected chi connectivity index (χ3v) is 3.78. The van der Waals surface area contributed by atoms with E-state index in [4.69, 9.17) is 0 Å². The predicted molar refractivity (Wildman–Crippen MR) is 65.1 cm³/mol. The van der Waals surface area contributed by atoms with E-state index in [1.807, 2.05) is 4.72 Å². The Morgan fingerprint density at radius 2 is 2.06 bits per heavy atom. The van der Waals surface area contributed by atoms with E-state index in [2.05, 4.69) is 4.72 Å². The van der Waals surface area contributed by atoms with Gasteiger partial charge in [-0.1, -0.05) is 0 Å². The van der Waals surface area contributed by atoms with Crippen LogP contribution in [0.25, 0.3) is 0 Å². The number of amides is 1. The van der Waals surface area contributed by atoms with Crippen LogP contribution in [0.2, 0.25) is 0 Å². The summed E-state index contributed by atoms with van der Waals surface area (Å²) in [5.74, 6) is -0.882. The number of carbonyl (C=O) groups is 1. The van der Waals surface area contributed by atoms with Crippen molar-refractivity contribution in [2.24, 2.45) is 0 Å². The molecule has 0 bridgehead atoms. The van der Waals surface area contributed by atoms with Gasteiger partial charge < -0.3 is 4.90 Å². The highest BCUT2D eigenvalue weighted by Gasteiger charge is 2.26. The van der Waals surface area contributed by atoms with Crippen LogP contribution >= 0.6 is 0 Å². The van der Waals surface area contributed by atoms with Gasteiger partial charge in [-0.2, -0.15) is 8.42 Å². The van der Waals surface area contributed by atoms with Gasteiger partial charge in [0.25, 0.3) is 10.2 Å². The second kappa shape index (κ2) is 4.21. The molecule has 18 heavy (non-hydrogen) atoms. The van der Waals surface area contributed by atoms with Crippen LogP contribution in [0, 0.1) is 5.82 Å². The Bertz CT molecular complexity index is 615. The van der Waals surface area contributed by atoms with Gasteiger partial charge >= 0.3 is 0 Å². The van der Waals surface area contributed by atoms with Crippen molar-refractivity contribution in [2.75, 3.05) is 23.7 Å². The summed E-state index contributed by atoms with van der Waals surface area (Å²) in [4.78, 5) is 12.8. The quantitative estimate of drug-likeness (QED) is 0.827. The zero-order valence-corrected chi connectivity index (χ0v) is 10.6. The molecule has 98 valence electrons. The fraction of sp³-hybridized carbons (Fsp3) is 0.300. The highest BCUT2D eigenvalue weighted by atomic mass is 32.2. The van der Waals surface area contributed by atoms with Crippen molar-refractivity contribution < 1.29 is 17.6 Å². The molecule has 1 aliphatic heterocycles. The van der Waals surface area contributed by atoms with Crippen LogP contribution in [0.5, 0.6) is 0 Å². The van der Waals surface area contributed by atoms with Gasteiger partial charge in [-0.3, -0.25) is 9.52 Å². The first-order chi connectivity index (χ1) is 8.34. The molecule has 0 atom stereocenters. The highest BCUT2D eigenvalue weighted by Crippen LogP contribution is 2.32. The van der Waals surface area contributed by atoms with Gasteiger partial charge in [-0.05, 0) is 11.6 Å². The Balaban J connectivity index is 2.42. The second-order valence-corrected chi connectivity index (χ2v) is 5.52.